The van der Waals surface area contributed by atoms with Crippen LogP contribution in [0.1, 0.15) is 37.0 Å². The zero-order chi connectivity index (χ0) is 20.3. The van der Waals surface area contributed by atoms with Gasteiger partial charge in [-0.25, -0.2) is 4.39 Å². The smallest absolute Gasteiger partial charge is 0.263 e. The molecule has 1 N–H and O–H groups in total. The normalized spacial score (nSPS) is 15.8. The van der Waals surface area contributed by atoms with Crippen molar-refractivity contribution in [3.63, 3.8) is 0 Å². The molecular weight excluding hydrogens is 427 g/mol. The molecule has 0 aliphatic carbocycles. The molecule has 2 aromatic rings. The van der Waals surface area contributed by atoms with Crippen LogP contribution in [-0.2, 0) is 4.79 Å². The molecule has 5 nitrogen and oxygen atoms in total. The van der Waals surface area contributed by atoms with E-state index in [0.29, 0.717) is 15.9 Å². The topological polar surface area (TPSA) is 58.6 Å². The van der Waals surface area contributed by atoms with Gasteiger partial charge in [-0.3, -0.25) is 9.59 Å². The molecule has 0 saturated carbocycles. The Balaban J connectivity index is 1.92. The van der Waals surface area contributed by atoms with E-state index in [9.17, 15) is 14.0 Å². The van der Waals surface area contributed by atoms with Crippen molar-refractivity contribution in [2.45, 2.75) is 38.8 Å². The fraction of sp³-hybridized carbons (Fsp3) is 0.333. The predicted octanol–water partition coefficient (Wildman–Crippen LogP) is 4.30. The monoisotopic (exact) mass is 448 g/mol. The molecule has 0 aromatic heterocycles. The molecule has 7 heteroatoms. The third kappa shape index (κ3) is 4.19. The first-order valence-electron chi connectivity index (χ1n) is 9.27. The maximum absolute atomic E-state index is 14.3. The molecule has 0 spiro atoms. The highest BCUT2D eigenvalue weighted by Gasteiger charge is 2.35. The zero-order valence-electron chi connectivity index (χ0n) is 15.7. The summed E-state index contributed by atoms with van der Waals surface area (Å²) in [7, 11) is 0. The average Bonchev–Trinajstić information content (AvgIpc) is 2.72. The molecule has 148 valence electrons. The molecule has 0 fully saturated rings. The Morgan fingerprint density at radius 1 is 1.25 bits per heavy atom. The van der Waals surface area contributed by atoms with Gasteiger partial charge >= 0.3 is 0 Å². The highest BCUT2D eigenvalue weighted by Crippen LogP contribution is 2.34. The van der Waals surface area contributed by atoms with Gasteiger partial charge in [-0.15, -0.1) is 0 Å². The molecule has 1 unspecified atom stereocenters. The Bertz CT molecular complexity index is 886. The van der Waals surface area contributed by atoms with Crippen molar-refractivity contribution in [1.29, 1.82) is 0 Å². The Hall–Kier alpha value is -2.41. The third-order valence-corrected chi connectivity index (χ3v) is 5.30. The van der Waals surface area contributed by atoms with Crippen LogP contribution in [0, 0.1) is 5.82 Å². The first kappa shape index (κ1) is 20.3. The number of nitrogens with zero attached hydrogens (tertiary/aromatic N) is 1. The molecule has 0 radical (unpaired) electrons. The molecule has 28 heavy (non-hydrogen) atoms. The number of fused-ring (bicyclic) bond motifs is 1. The van der Waals surface area contributed by atoms with E-state index in [1.165, 1.54) is 23.1 Å². The second-order valence-electron chi connectivity index (χ2n) is 6.64. The second-order valence-corrected chi connectivity index (χ2v) is 7.55. The molecule has 1 atom stereocenters. The fourth-order valence-corrected chi connectivity index (χ4v) is 3.52. The largest absolute Gasteiger partial charge is 0.477 e. The van der Waals surface area contributed by atoms with Gasteiger partial charge in [-0.2, -0.15) is 0 Å². The van der Waals surface area contributed by atoms with Crippen molar-refractivity contribution in [3.8, 4) is 5.75 Å². The Morgan fingerprint density at radius 2 is 1.96 bits per heavy atom. The maximum Gasteiger partial charge on any atom is 0.263 e. The van der Waals surface area contributed by atoms with E-state index in [1.54, 1.807) is 24.3 Å². The molecular formula is C21H22BrFN2O3. The first-order valence-corrected chi connectivity index (χ1v) is 10.1. The summed E-state index contributed by atoms with van der Waals surface area (Å²) in [5, 5.41) is 2.95. The van der Waals surface area contributed by atoms with Crippen molar-refractivity contribution in [2.75, 3.05) is 11.4 Å². The highest BCUT2D eigenvalue weighted by atomic mass is 79.9. The first-order chi connectivity index (χ1) is 13.4. The fourth-order valence-electron chi connectivity index (χ4n) is 3.16. The number of carbonyl (C=O) groups is 2. The van der Waals surface area contributed by atoms with Crippen LogP contribution in [0.3, 0.4) is 0 Å². The number of hydrogen-bond donors (Lipinski definition) is 1. The van der Waals surface area contributed by atoms with E-state index >= 15 is 0 Å². The number of halogens is 2. The van der Waals surface area contributed by atoms with Gasteiger partial charge in [-0.1, -0.05) is 41.9 Å². The number of benzene rings is 2. The van der Waals surface area contributed by atoms with Crippen LogP contribution in [-0.4, -0.2) is 30.5 Å². The molecule has 0 saturated heterocycles. The van der Waals surface area contributed by atoms with E-state index in [-0.39, 0.29) is 24.1 Å². The summed E-state index contributed by atoms with van der Waals surface area (Å²) in [5.74, 6) is -0.997. The van der Waals surface area contributed by atoms with Crippen LogP contribution in [0.4, 0.5) is 10.1 Å². The molecule has 3 rings (SSSR count). The van der Waals surface area contributed by atoms with Crippen LogP contribution in [0.5, 0.6) is 5.75 Å². The Labute approximate surface area is 172 Å². The summed E-state index contributed by atoms with van der Waals surface area (Å²) in [6.45, 7) is 4.00. The zero-order valence-corrected chi connectivity index (χ0v) is 17.3. The summed E-state index contributed by atoms with van der Waals surface area (Å²) in [6, 6.07) is 11.2. The van der Waals surface area contributed by atoms with E-state index in [0.717, 1.165) is 12.8 Å². The number of ether oxygens (including phenoxy) is 1. The van der Waals surface area contributed by atoms with Crippen LogP contribution >= 0.6 is 15.9 Å². The lowest BCUT2D eigenvalue weighted by Gasteiger charge is -2.34. The van der Waals surface area contributed by atoms with Crippen molar-refractivity contribution in [2.24, 2.45) is 0 Å². The number of amides is 2. The van der Waals surface area contributed by atoms with Crippen LogP contribution in [0.2, 0.25) is 0 Å². The minimum atomic E-state index is -0.866. The van der Waals surface area contributed by atoms with Gasteiger partial charge in [0.25, 0.3) is 11.8 Å². The number of nitrogens with one attached hydrogen (secondary N) is 1. The van der Waals surface area contributed by atoms with Gasteiger partial charge in [0.2, 0.25) is 0 Å². The third-order valence-electron chi connectivity index (χ3n) is 4.80. The van der Waals surface area contributed by atoms with Crippen LogP contribution < -0.4 is 15.0 Å². The molecule has 1 aliphatic heterocycles. The van der Waals surface area contributed by atoms with Gasteiger partial charge in [0, 0.05) is 10.5 Å². The molecule has 1 heterocycles. The average molecular weight is 449 g/mol. The number of anilines is 1. The number of para-hydroxylation sites is 2. The minimum Gasteiger partial charge on any atom is -0.477 e. The SMILES string of the molecule is CCC(CC)NC(=O)C1CN(C(=O)c2cc(Br)ccc2F)c2ccccc2O1. The van der Waals surface area contributed by atoms with Gasteiger partial charge in [-0.05, 0) is 43.2 Å². The standard InChI is InChI=1S/C21H22BrFN2O3/c1-3-14(4-2)24-20(26)19-12-25(17-7-5-6-8-18(17)28-19)21(27)15-11-13(22)9-10-16(15)23/h5-11,14,19H,3-4,12H2,1-2H3,(H,24,26). The Kier molecular flexibility index (Phi) is 6.34. The lowest BCUT2D eigenvalue weighted by atomic mass is 10.1. The van der Waals surface area contributed by atoms with E-state index < -0.39 is 17.8 Å². The van der Waals surface area contributed by atoms with Crippen LogP contribution in [0.25, 0.3) is 0 Å². The molecule has 2 amide bonds. The molecule has 0 bridgehead atoms. The van der Waals surface area contributed by atoms with Crippen molar-refractivity contribution < 1.29 is 18.7 Å². The summed E-state index contributed by atoms with van der Waals surface area (Å²) < 4.78 is 20.7. The van der Waals surface area contributed by atoms with Gasteiger partial charge < -0.3 is 15.0 Å². The number of carbonyl (C=O) groups excluding carboxylic acids is 2. The number of rotatable bonds is 5. The lowest BCUT2D eigenvalue weighted by molar-refractivity contribution is -0.128. The summed E-state index contributed by atoms with van der Waals surface area (Å²) in [6.07, 6.45) is 0.740. The van der Waals surface area contributed by atoms with Gasteiger partial charge in [0.15, 0.2) is 6.10 Å². The highest BCUT2D eigenvalue weighted by molar-refractivity contribution is 9.10. The second kappa shape index (κ2) is 8.73. The Morgan fingerprint density at radius 3 is 2.68 bits per heavy atom. The summed E-state index contributed by atoms with van der Waals surface area (Å²) in [5.41, 5.74) is 0.448. The quantitative estimate of drug-likeness (QED) is 0.741. The number of hydrogen-bond acceptors (Lipinski definition) is 3. The van der Waals surface area contributed by atoms with E-state index in [2.05, 4.69) is 21.2 Å². The maximum atomic E-state index is 14.3. The minimum absolute atomic E-state index is 0.00772. The van der Waals surface area contributed by atoms with Crippen molar-refractivity contribution in [3.05, 3.63) is 58.3 Å². The van der Waals surface area contributed by atoms with Gasteiger partial charge in [0.05, 0.1) is 17.8 Å². The van der Waals surface area contributed by atoms with Crippen LogP contribution in [0.15, 0.2) is 46.9 Å². The van der Waals surface area contributed by atoms with Crippen molar-refractivity contribution >= 4 is 33.4 Å². The van der Waals surface area contributed by atoms with Gasteiger partial charge in [0.1, 0.15) is 11.6 Å². The van der Waals surface area contributed by atoms with E-state index in [1.807, 2.05) is 13.8 Å². The van der Waals surface area contributed by atoms with E-state index in [4.69, 9.17) is 4.74 Å². The van der Waals surface area contributed by atoms with Crippen molar-refractivity contribution in [1.82, 2.24) is 5.32 Å². The molecule has 1 aliphatic rings. The summed E-state index contributed by atoms with van der Waals surface area (Å²) >= 11 is 3.27. The summed E-state index contributed by atoms with van der Waals surface area (Å²) in [4.78, 5) is 27.2. The predicted molar refractivity (Wildman–Crippen MR) is 109 cm³/mol. The lowest BCUT2D eigenvalue weighted by Crippen LogP contribution is -2.52. The molecule has 2 aromatic carbocycles.